The average Bonchev–Trinajstić information content (AvgIpc) is 1.19. The summed E-state index contributed by atoms with van der Waals surface area (Å²) in [7, 11) is 9.78. The van der Waals surface area contributed by atoms with Gasteiger partial charge in [-0.2, -0.15) is 26.3 Å². The zero-order chi connectivity index (χ0) is 82.6. The number of fused-ring (bicyclic) bond motifs is 3. The molecule has 12 amide bonds. The molecule has 0 aromatic carbocycles. The number of hydrogen-bond donors (Lipinski definition) is 3. The Labute approximate surface area is 654 Å². The molecule has 12 atom stereocenters. The zero-order valence-corrected chi connectivity index (χ0v) is 67.5. The zero-order valence-electron chi connectivity index (χ0n) is 67.5. The van der Waals surface area contributed by atoms with Gasteiger partial charge in [0.2, 0.25) is 70.9 Å². The van der Waals surface area contributed by atoms with Crippen molar-refractivity contribution in [3.63, 3.8) is 0 Å². The molecule has 2 unspecified atom stereocenters. The summed E-state index contributed by atoms with van der Waals surface area (Å²) in [6.45, 7) is 5.10. The van der Waals surface area contributed by atoms with Crippen molar-refractivity contribution in [2.24, 2.45) is 41.4 Å². The Morgan fingerprint density at radius 1 is 0.589 bits per heavy atom. The molecule has 112 heavy (non-hydrogen) atoms. The first-order valence-electron chi connectivity index (χ1n) is 41.1. The molecule has 8 aliphatic rings. The third-order valence-corrected chi connectivity index (χ3v) is 26.0. The number of ether oxygens (including phenoxy) is 1. The standard InChI is InChI=1S/C79H124F8N12O13/c1-12-47(4)66-74(109)93(8)46-64(102)95(10)58-27-20-21-37-97(73(58)108)60(41-49-28-31-52(32-29-49)78(82,83)84)72(107)92(7)45-62(100)88-56(33-30-50-39-54(80)65(55(81)40-50)79(85,86)87)70(105)99-44-53(112-14-3)42-59(99)69(104)90-77(35-22-36-77)76(111)96(11)67(51-25-18-19-26-51)75(110)98(38-34-48-23-16-15-17-24-48)61(71(106)91(5)6)43-63(101)94(9)57(13-2)68(103)89-66/h47-61,65-67H,12-46H2,1-11H3,(H,88,100)(H,89,103)(H,90,104)/t47-,49?,50?,52?,53+,54?,55?,56-,57-,58-,59-,60-,61-,65?,66-,67-/m0/s1. The lowest BCUT2D eigenvalue weighted by molar-refractivity contribution is -0.219. The maximum Gasteiger partial charge on any atom is 0.397 e. The van der Waals surface area contributed by atoms with Crippen molar-refractivity contribution in [2.75, 3.05) is 88.7 Å². The first-order chi connectivity index (χ1) is 52.8. The number of hydrogen-bond acceptors (Lipinski definition) is 13. The molecule has 3 aliphatic heterocycles. The van der Waals surface area contributed by atoms with E-state index in [0.29, 0.717) is 51.4 Å². The molecule has 3 heterocycles. The van der Waals surface area contributed by atoms with Gasteiger partial charge in [0.25, 0.3) is 0 Å². The highest BCUT2D eigenvalue weighted by Gasteiger charge is 2.57. The van der Waals surface area contributed by atoms with Gasteiger partial charge in [0.15, 0.2) is 0 Å². The summed E-state index contributed by atoms with van der Waals surface area (Å²) in [5, 5.41) is 8.49. The summed E-state index contributed by atoms with van der Waals surface area (Å²) < 4.78 is 122. The highest BCUT2D eigenvalue weighted by Crippen LogP contribution is 2.46. The molecule has 634 valence electrons. The van der Waals surface area contributed by atoms with Gasteiger partial charge in [-0.3, -0.25) is 57.5 Å². The molecule has 33 heteroatoms. The van der Waals surface area contributed by atoms with Crippen LogP contribution in [0, 0.1) is 41.4 Å². The third-order valence-electron chi connectivity index (χ3n) is 26.0. The second-order valence-electron chi connectivity index (χ2n) is 33.8. The van der Waals surface area contributed by atoms with E-state index in [1.165, 1.54) is 73.8 Å². The summed E-state index contributed by atoms with van der Waals surface area (Å²) in [4.78, 5) is 194. The van der Waals surface area contributed by atoms with Gasteiger partial charge in [0.05, 0.1) is 31.5 Å². The van der Waals surface area contributed by atoms with E-state index in [4.69, 9.17) is 4.74 Å². The maximum absolute atomic E-state index is 16.3. The topological polar surface area (TPSA) is 279 Å². The van der Waals surface area contributed by atoms with Crippen LogP contribution >= 0.6 is 0 Å². The third kappa shape index (κ3) is 22.0. The minimum Gasteiger partial charge on any atom is -0.377 e. The molecule has 0 aromatic rings. The number of nitrogens with one attached hydrogen (secondary N) is 3. The van der Waals surface area contributed by atoms with E-state index in [-0.39, 0.29) is 109 Å². The lowest BCUT2D eigenvalue weighted by atomic mass is 9.74. The van der Waals surface area contributed by atoms with Gasteiger partial charge in [0, 0.05) is 82.0 Å². The number of nitrogens with zero attached hydrogens (tertiary/aromatic N) is 9. The van der Waals surface area contributed by atoms with Gasteiger partial charge in [-0.05, 0) is 159 Å². The second kappa shape index (κ2) is 39.6. The van der Waals surface area contributed by atoms with Crippen LogP contribution in [0.3, 0.4) is 0 Å². The van der Waals surface area contributed by atoms with Crippen LogP contribution in [0.25, 0.3) is 0 Å². The summed E-state index contributed by atoms with van der Waals surface area (Å²) in [6.07, 6.45) is -10.6. The maximum atomic E-state index is 16.3. The SMILES string of the molecule is CCO[C@@H]1C[C@H]2C(=O)NC3(CCC3)C(=O)N(C)[C@@H](C3CCCC3)C(=O)N(CCC3CCCCC3)[C@H](C(=O)N(C)C)CC(=O)N(C)[C@@H](CC)C(=O)N[C@@H]([C@@H](C)CC)C(=O)N(C)CC(=O)N(C)[C@H]3CCCCN(C3=O)[C@@H](CC3CCC(C(F)(F)F)CC3)C(=O)N(C)CC(=O)N[C@@H](CCC3CC(F)C(C(F)(F)F)C(F)C3)C(=O)N2C1. The quantitative estimate of drug-likeness (QED) is 0.132. The number of halogens is 8. The summed E-state index contributed by atoms with van der Waals surface area (Å²) >= 11 is 0. The molecule has 1 spiro atoms. The minimum atomic E-state index is -5.21. The van der Waals surface area contributed by atoms with Crippen molar-refractivity contribution in [2.45, 2.75) is 299 Å². The number of carbonyl (C=O) groups excluding carboxylic acids is 12. The van der Waals surface area contributed by atoms with E-state index in [9.17, 15) is 45.5 Å². The summed E-state index contributed by atoms with van der Waals surface area (Å²) in [5.41, 5.74) is -1.69. The van der Waals surface area contributed by atoms with Crippen LogP contribution in [0.2, 0.25) is 0 Å². The normalized spacial score (nSPS) is 32.0. The molecule has 5 aliphatic carbocycles. The van der Waals surface area contributed by atoms with E-state index < -0.39 is 230 Å². The van der Waals surface area contributed by atoms with Gasteiger partial charge in [-0.15, -0.1) is 0 Å². The van der Waals surface area contributed by atoms with Gasteiger partial charge in [0.1, 0.15) is 72.1 Å². The fourth-order valence-corrected chi connectivity index (χ4v) is 18.8. The Bertz CT molecular complexity index is 3280. The fourth-order valence-electron chi connectivity index (χ4n) is 18.8. The van der Waals surface area contributed by atoms with Crippen LogP contribution in [-0.4, -0.2) is 288 Å². The predicted molar refractivity (Wildman–Crippen MR) is 398 cm³/mol. The smallest absolute Gasteiger partial charge is 0.377 e. The van der Waals surface area contributed by atoms with Crippen molar-refractivity contribution in [1.29, 1.82) is 0 Å². The molecule has 8 fully saturated rings. The van der Waals surface area contributed by atoms with Crippen LogP contribution in [0.15, 0.2) is 0 Å². The molecule has 5 saturated carbocycles. The van der Waals surface area contributed by atoms with Crippen molar-refractivity contribution in [1.82, 2.24) is 60.0 Å². The van der Waals surface area contributed by atoms with Crippen molar-refractivity contribution in [3.05, 3.63) is 0 Å². The van der Waals surface area contributed by atoms with Crippen LogP contribution < -0.4 is 16.0 Å². The fraction of sp³-hybridized carbons (Fsp3) is 0.848. The van der Waals surface area contributed by atoms with E-state index in [2.05, 4.69) is 16.0 Å². The van der Waals surface area contributed by atoms with E-state index in [1.54, 1.807) is 27.7 Å². The Hall–Kier alpha value is -6.96. The highest BCUT2D eigenvalue weighted by molar-refractivity contribution is 6.01. The van der Waals surface area contributed by atoms with Crippen molar-refractivity contribution in [3.8, 4) is 0 Å². The Kier molecular flexibility index (Phi) is 32.0. The molecule has 3 saturated heterocycles. The highest BCUT2D eigenvalue weighted by atomic mass is 19.4. The van der Waals surface area contributed by atoms with Crippen LogP contribution in [0.4, 0.5) is 35.1 Å². The number of carbonyl (C=O) groups is 12. The minimum absolute atomic E-state index is 0.00464. The molecule has 25 nitrogen and oxygen atoms in total. The molecule has 3 N–H and O–H groups in total. The Morgan fingerprint density at radius 3 is 1.78 bits per heavy atom. The summed E-state index contributed by atoms with van der Waals surface area (Å²) in [6, 6.07) is -11.1. The van der Waals surface area contributed by atoms with Crippen LogP contribution in [0.1, 0.15) is 214 Å². The Morgan fingerprint density at radius 2 is 1.21 bits per heavy atom. The molecule has 0 aromatic heterocycles. The van der Waals surface area contributed by atoms with Gasteiger partial charge < -0.3 is 64.8 Å². The number of amides is 12. The molecule has 0 radical (unpaired) electrons. The monoisotopic (exact) mass is 1600 g/mol. The molecular formula is C79H124F8N12O13. The molecule has 2 bridgehead atoms. The van der Waals surface area contributed by atoms with Gasteiger partial charge >= 0.3 is 12.4 Å². The van der Waals surface area contributed by atoms with Crippen molar-refractivity contribution >= 4 is 70.9 Å². The van der Waals surface area contributed by atoms with Crippen molar-refractivity contribution < 1.29 is 97.4 Å². The molecular weight excluding hydrogens is 1480 g/mol. The van der Waals surface area contributed by atoms with Gasteiger partial charge in [-0.25, -0.2) is 8.78 Å². The largest absolute Gasteiger partial charge is 0.397 e. The lowest BCUT2D eigenvalue weighted by Crippen LogP contribution is -2.68. The first kappa shape index (κ1) is 90.6. The number of rotatable bonds is 15. The number of likely N-dealkylation sites (N-methyl/N-ethyl adjacent to an activating group) is 6. The summed E-state index contributed by atoms with van der Waals surface area (Å²) in [5.74, 6) is -16.2. The van der Waals surface area contributed by atoms with E-state index >= 15 is 47.1 Å². The predicted octanol–water partition coefficient (Wildman–Crippen LogP) is 7.89. The number of alkyl halides is 8. The lowest BCUT2D eigenvalue weighted by Gasteiger charge is -2.47. The second-order valence-corrected chi connectivity index (χ2v) is 33.8. The first-order valence-corrected chi connectivity index (χ1v) is 41.1. The van der Waals surface area contributed by atoms with Gasteiger partial charge in [-0.1, -0.05) is 72.1 Å². The van der Waals surface area contributed by atoms with E-state index in [1.807, 2.05) is 0 Å². The average molecular weight is 1600 g/mol. The van der Waals surface area contributed by atoms with Crippen LogP contribution in [-0.2, 0) is 62.3 Å². The molecule has 8 rings (SSSR count). The van der Waals surface area contributed by atoms with Crippen LogP contribution in [0.5, 0.6) is 0 Å². The Balaban J connectivity index is 1.21. The van der Waals surface area contributed by atoms with E-state index in [0.717, 1.165) is 51.7 Å².